The molecule has 1 aromatic heterocycles. The summed E-state index contributed by atoms with van der Waals surface area (Å²) in [6, 6.07) is 16.6. The van der Waals surface area contributed by atoms with Gasteiger partial charge >= 0.3 is 0 Å². The van der Waals surface area contributed by atoms with Crippen molar-refractivity contribution >= 4 is 11.0 Å². The van der Waals surface area contributed by atoms with Crippen LogP contribution in [0.15, 0.2) is 48.5 Å². The molecule has 0 radical (unpaired) electrons. The van der Waals surface area contributed by atoms with E-state index in [-0.39, 0.29) is 0 Å². The molecule has 0 saturated carbocycles. The molecule has 0 spiro atoms. The lowest BCUT2D eigenvalue weighted by molar-refractivity contribution is 0.303. The molecule has 0 fully saturated rings. The van der Waals surface area contributed by atoms with Gasteiger partial charge in [0.2, 0.25) is 0 Å². The fraction of sp³-hybridized carbons (Fsp3) is 0.381. The predicted octanol–water partition coefficient (Wildman–Crippen LogP) is 5.33. The molecule has 3 heteroatoms. The second kappa shape index (κ2) is 7.52. The van der Waals surface area contributed by atoms with Crippen LogP contribution >= 0.6 is 0 Å². The fourth-order valence-electron chi connectivity index (χ4n) is 2.97. The summed E-state index contributed by atoms with van der Waals surface area (Å²) in [4.78, 5) is 4.80. The van der Waals surface area contributed by atoms with Gasteiger partial charge in [0.1, 0.15) is 11.6 Å². The van der Waals surface area contributed by atoms with E-state index in [1.165, 1.54) is 16.9 Å². The lowest BCUT2D eigenvalue weighted by atomic mass is 10.2. The Morgan fingerprint density at radius 2 is 1.75 bits per heavy atom. The van der Waals surface area contributed by atoms with Crippen LogP contribution < -0.4 is 4.74 Å². The zero-order valence-electron chi connectivity index (χ0n) is 14.8. The van der Waals surface area contributed by atoms with Crippen molar-refractivity contribution in [1.82, 2.24) is 9.55 Å². The Balaban J connectivity index is 1.57. The molecule has 0 aliphatic heterocycles. The highest BCUT2D eigenvalue weighted by molar-refractivity contribution is 5.76. The summed E-state index contributed by atoms with van der Waals surface area (Å²) >= 11 is 0. The van der Waals surface area contributed by atoms with Crippen molar-refractivity contribution in [3.05, 3.63) is 59.9 Å². The van der Waals surface area contributed by atoms with Crippen LogP contribution in [0.2, 0.25) is 0 Å². The van der Waals surface area contributed by atoms with Gasteiger partial charge in [-0.05, 0) is 44.0 Å². The lowest BCUT2D eigenvalue weighted by Crippen LogP contribution is -2.07. The summed E-state index contributed by atoms with van der Waals surface area (Å²) in [6.07, 6.45) is 2.13. The third-order valence-corrected chi connectivity index (χ3v) is 4.27. The highest BCUT2D eigenvalue weighted by Crippen LogP contribution is 2.22. The van der Waals surface area contributed by atoms with Crippen molar-refractivity contribution in [3.8, 4) is 5.75 Å². The Labute approximate surface area is 144 Å². The van der Waals surface area contributed by atoms with Crippen molar-refractivity contribution in [2.24, 2.45) is 0 Å². The zero-order valence-corrected chi connectivity index (χ0v) is 14.8. The Morgan fingerprint density at radius 1 is 1.00 bits per heavy atom. The highest BCUT2D eigenvalue weighted by Gasteiger charge is 2.12. The molecule has 0 amide bonds. The molecule has 1 heterocycles. The number of imidazole rings is 1. The van der Waals surface area contributed by atoms with Crippen LogP contribution in [0.1, 0.15) is 44.0 Å². The second-order valence-corrected chi connectivity index (χ2v) is 6.63. The predicted molar refractivity (Wildman–Crippen MR) is 99.7 cm³/mol. The first-order chi connectivity index (χ1) is 11.6. The minimum Gasteiger partial charge on any atom is -0.494 e. The van der Waals surface area contributed by atoms with Crippen LogP contribution in [-0.4, -0.2) is 16.2 Å². The van der Waals surface area contributed by atoms with Crippen LogP contribution in [0.4, 0.5) is 0 Å². The SMILES string of the molecule is Cc1ccc(OCCCCn2c(C(C)C)nc3ccccc32)cc1. The summed E-state index contributed by atoms with van der Waals surface area (Å²) in [6.45, 7) is 8.25. The monoisotopic (exact) mass is 322 g/mol. The van der Waals surface area contributed by atoms with Gasteiger partial charge in [0, 0.05) is 12.5 Å². The number of benzene rings is 2. The molecular formula is C21H26N2O. The highest BCUT2D eigenvalue weighted by atomic mass is 16.5. The maximum absolute atomic E-state index is 5.82. The topological polar surface area (TPSA) is 27.1 Å². The molecule has 0 aliphatic rings. The van der Waals surface area contributed by atoms with Gasteiger partial charge in [0.05, 0.1) is 17.6 Å². The molecule has 3 aromatic rings. The van der Waals surface area contributed by atoms with Gasteiger partial charge in [-0.15, -0.1) is 0 Å². The first-order valence-electron chi connectivity index (χ1n) is 8.80. The number of rotatable bonds is 7. The molecule has 0 bridgehead atoms. The Bertz CT molecular complexity index is 787. The van der Waals surface area contributed by atoms with E-state index in [1.807, 2.05) is 12.1 Å². The molecule has 3 rings (SSSR count). The molecule has 2 aromatic carbocycles. The third-order valence-electron chi connectivity index (χ3n) is 4.27. The van der Waals surface area contributed by atoms with E-state index in [0.717, 1.165) is 37.3 Å². The van der Waals surface area contributed by atoms with Gasteiger partial charge in [-0.2, -0.15) is 0 Å². The van der Waals surface area contributed by atoms with Crippen LogP contribution in [-0.2, 0) is 6.54 Å². The molecule has 3 nitrogen and oxygen atoms in total. The molecule has 0 atom stereocenters. The Kier molecular flexibility index (Phi) is 5.19. The van der Waals surface area contributed by atoms with E-state index in [1.54, 1.807) is 0 Å². The first kappa shape index (κ1) is 16.6. The number of hydrogen-bond donors (Lipinski definition) is 0. The number of aryl methyl sites for hydroxylation is 2. The van der Waals surface area contributed by atoms with Crippen LogP contribution in [0.3, 0.4) is 0 Å². The number of hydrogen-bond acceptors (Lipinski definition) is 2. The minimum atomic E-state index is 0.432. The van der Waals surface area contributed by atoms with Crippen LogP contribution in [0.5, 0.6) is 5.75 Å². The summed E-state index contributed by atoms with van der Waals surface area (Å²) < 4.78 is 8.19. The van der Waals surface area contributed by atoms with E-state index >= 15 is 0 Å². The first-order valence-corrected chi connectivity index (χ1v) is 8.80. The smallest absolute Gasteiger partial charge is 0.119 e. The average molecular weight is 322 g/mol. The van der Waals surface area contributed by atoms with Crippen molar-refractivity contribution < 1.29 is 4.74 Å². The van der Waals surface area contributed by atoms with Gasteiger partial charge in [-0.3, -0.25) is 0 Å². The van der Waals surface area contributed by atoms with Gasteiger partial charge < -0.3 is 9.30 Å². The van der Waals surface area contributed by atoms with Crippen molar-refractivity contribution in [2.45, 2.75) is 46.1 Å². The van der Waals surface area contributed by atoms with Gasteiger partial charge in [0.15, 0.2) is 0 Å². The van der Waals surface area contributed by atoms with Gasteiger partial charge in [-0.25, -0.2) is 4.98 Å². The number of ether oxygens (including phenoxy) is 1. The number of nitrogens with zero attached hydrogens (tertiary/aromatic N) is 2. The van der Waals surface area contributed by atoms with E-state index in [0.29, 0.717) is 5.92 Å². The molecule has 0 unspecified atom stereocenters. The lowest BCUT2D eigenvalue weighted by Gasteiger charge is -2.12. The summed E-state index contributed by atoms with van der Waals surface area (Å²) in [5, 5.41) is 0. The maximum Gasteiger partial charge on any atom is 0.119 e. The third kappa shape index (κ3) is 3.78. The van der Waals surface area contributed by atoms with E-state index < -0.39 is 0 Å². The van der Waals surface area contributed by atoms with Crippen LogP contribution in [0, 0.1) is 6.92 Å². The summed E-state index contributed by atoms with van der Waals surface area (Å²) in [5.74, 6) is 2.56. The normalized spacial score (nSPS) is 11.3. The Morgan fingerprint density at radius 3 is 2.50 bits per heavy atom. The molecule has 0 aliphatic carbocycles. The van der Waals surface area contributed by atoms with Crippen LogP contribution in [0.25, 0.3) is 11.0 Å². The van der Waals surface area contributed by atoms with E-state index in [9.17, 15) is 0 Å². The molecule has 0 N–H and O–H groups in total. The number of fused-ring (bicyclic) bond motifs is 1. The van der Waals surface area contributed by atoms with E-state index in [2.05, 4.69) is 61.7 Å². The van der Waals surface area contributed by atoms with Gasteiger partial charge in [0.25, 0.3) is 0 Å². The van der Waals surface area contributed by atoms with E-state index in [4.69, 9.17) is 9.72 Å². The molecule has 24 heavy (non-hydrogen) atoms. The number of para-hydroxylation sites is 2. The maximum atomic E-state index is 5.82. The molecule has 0 saturated heterocycles. The zero-order chi connectivity index (χ0) is 16.9. The molecule has 126 valence electrons. The largest absolute Gasteiger partial charge is 0.494 e. The standard InChI is InChI=1S/C21H26N2O/c1-16(2)21-22-19-8-4-5-9-20(19)23(21)14-6-7-15-24-18-12-10-17(3)11-13-18/h4-5,8-13,16H,6-7,14-15H2,1-3H3. The van der Waals surface area contributed by atoms with Crippen molar-refractivity contribution in [1.29, 1.82) is 0 Å². The Hall–Kier alpha value is -2.29. The second-order valence-electron chi connectivity index (χ2n) is 6.63. The van der Waals surface area contributed by atoms with Crippen molar-refractivity contribution in [2.75, 3.05) is 6.61 Å². The minimum absolute atomic E-state index is 0.432. The summed E-state index contributed by atoms with van der Waals surface area (Å²) in [7, 11) is 0. The number of aromatic nitrogens is 2. The van der Waals surface area contributed by atoms with Gasteiger partial charge in [-0.1, -0.05) is 43.7 Å². The summed E-state index contributed by atoms with van der Waals surface area (Å²) in [5.41, 5.74) is 3.59. The molecular weight excluding hydrogens is 296 g/mol. The quantitative estimate of drug-likeness (QED) is 0.550. The fourth-order valence-corrected chi connectivity index (χ4v) is 2.97. The average Bonchev–Trinajstić information content (AvgIpc) is 2.95. The number of unbranched alkanes of at least 4 members (excludes halogenated alkanes) is 1. The van der Waals surface area contributed by atoms with Crippen molar-refractivity contribution in [3.63, 3.8) is 0 Å².